The van der Waals surface area contributed by atoms with E-state index in [1.807, 2.05) is 67.6 Å². The number of carbonyl (C=O) groups is 2. The lowest BCUT2D eigenvalue weighted by Gasteiger charge is -2.08. The Labute approximate surface area is 169 Å². The molecule has 0 fully saturated rings. The molecular formula is C23H20ClNO3. The molecule has 0 spiro atoms. The lowest BCUT2D eigenvalue weighted by atomic mass is 10.0. The number of anilines is 1. The maximum atomic E-state index is 12.0. The van der Waals surface area contributed by atoms with E-state index in [0.717, 1.165) is 22.3 Å². The van der Waals surface area contributed by atoms with Gasteiger partial charge in [-0.25, -0.2) is 0 Å². The summed E-state index contributed by atoms with van der Waals surface area (Å²) < 4.78 is 5.06. The fourth-order valence-corrected chi connectivity index (χ4v) is 2.86. The molecule has 142 valence electrons. The molecule has 1 amide bonds. The molecule has 0 radical (unpaired) electrons. The Bertz CT molecular complexity index is 969. The molecule has 3 rings (SSSR count). The van der Waals surface area contributed by atoms with Crippen LogP contribution < -0.4 is 5.32 Å². The molecule has 0 unspecified atom stereocenters. The quantitative estimate of drug-likeness (QED) is 0.597. The summed E-state index contributed by atoms with van der Waals surface area (Å²) in [7, 11) is 0. The first-order chi connectivity index (χ1) is 13.5. The van der Waals surface area contributed by atoms with E-state index in [2.05, 4.69) is 5.32 Å². The SMILES string of the molecule is Cc1ccc(NC(=O)COC(=O)Cc2ccc(-c3ccccc3)cc2)cc1Cl. The smallest absolute Gasteiger partial charge is 0.310 e. The topological polar surface area (TPSA) is 55.4 Å². The summed E-state index contributed by atoms with van der Waals surface area (Å²) in [6.07, 6.45) is 0.110. The number of esters is 1. The number of nitrogens with one attached hydrogen (secondary N) is 1. The predicted molar refractivity (Wildman–Crippen MR) is 111 cm³/mol. The van der Waals surface area contributed by atoms with Gasteiger partial charge in [-0.3, -0.25) is 9.59 Å². The predicted octanol–water partition coefficient (Wildman–Crippen LogP) is 5.04. The van der Waals surface area contributed by atoms with E-state index in [1.54, 1.807) is 12.1 Å². The molecule has 0 bridgehead atoms. The minimum Gasteiger partial charge on any atom is -0.455 e. The number of benzene rings is 3. The second-order valence-corrected chi connectivity index (χ2v) is 6.82. The van der Waals surface area contributed by atoms with Crippen LogP contribution in [0.5, 0.6) is 0 Å². The summed E-state index contributed by atoms with van der Waals surface area (Å²) in [5, 5.41) is 3.22. The first kappa shape index (κ1) is 19.6. The highest BCUT2D eigenvalue weighted by Crippen LogP contribution is 2.20. The van der Waals surface area contributed by atoms with Crippen molar-refractivity contribution in [2.75, 3.05) is 11.9 Å². The Balaban J connectivity index is 1.48. The molecule has 0 heterocycles. The van der Waals surface area contributed by atoms with Gasteiger partial charge >= 0.3 is 5.97 Å². The summed E-state index contributed by atoms with van der Waals surface area (Å²) in [5.41, 5.74) is 4.51. The average molecular weight is 394 g/mol. The second kappa shape index (κ2) is 9.20. The Morgan fingerprint density at radius 3 is 2.29 bits per heavy atom. The molecule has 4 nitrogen and oxygen atoms in total. The Morgan fingerprint density at radius 2 is 1.61 bits per heavy atom. The Kier molecular flexibility index (Phi) is 6.45. The van der Waals surface area contributed by atoms with Gasteiger partial charge in [-0.15, -0.1) is 0 Å². The van der Waals surface area contributed by atoms with Crippen molar-refractivity contribution in [1.82, 2.24) is 0 Å². The van der Waals surface area contributed by atoms with Gasteiger partial charge in [0.1, 0.15) is 0 Å². The molecule has 0 aliphatic carbocycles. The maximum absolute atomic E-state index is 12.0. The molecule has 5 heteroatoms. The van der Waals surface area contributed by atoms with Crippen LogP contribution in [0.4, 0.5) is 5.69 Å². The van der Waals surface area contributed by atoms with Crippen LogP contribution in [0.2, 0.25) is 5.02 Å². The number of halogens is 1. The first-order valence-electron chi connectivity index (χ1n) is 8.87. The highest BCUT2D eigenvalue weighted by atomic mass is 35.5. The van der Waals surface area contributed by atoms with Gasteiger partial charge < -0.3 is 10.1 Å². The van der Waals surface area contributed by atoms with E-state index >= 15 is 0 Å². The van der Waals surface area contributed by atoms with Crippen molar-refractivity contribution in [2.24, 2.45) is 0 Å². The summed E-state index contributed by atoms with van der Waals surface area (Å²) in [6.45, 7) is 1.54. The normalized spacial score (nSPS) is 10.4. The van der Waals surface area contributed by atoms with Crippen LogP contribution >= 0.6 is 11.6 Å². The van der Waals surface area contributed by atoms with Crippen molar-refractivity contribution >= 4 is 29.2 Å². The van der Waals surface area contributed by atoms with Crippen molar-refractivity contribution in [3.8, 4) is 11.1 Å². The van der Waals surface area contributed by atoms with Crippen LogP contribution in [0.3, 0.4) is 0 Å². The number of amides is 1. The average Bonchev–Trinajstić information content (AvgIpc) is 2.70. The molecule has 0 saturated carbocycles. The number of aryl methyl sites for hydroxylation is 1. The van der Waals surface area contributed by atoms with Gasteiger partial charge in [0.15, 0.2) is 6.61 Å². The number of carbonyl (C=O) groups excluding carboxylic acids is 2. The van der Waals surface area contributed by atoms with E-state index in [0.29, 0.717) is 10.7 Å². The van der Waals surface area contributed by atoms with Gasteiger partial charge in [-0.05, 0) is 41.3 Å². The van der Waals surface area contributed by atoms with Gasteiger partial charge in [0.05, 0.1) is 6.42 Å². The third-order valence-electron chi connectivity index (χ3n) is 4.23. The minimum atomic E-state index is -0.454. The van der Waals surface area contributed by atoms with Crippen LogP contribution in [-0.4, -0.2) is 18.5 Å². The fraction of sp³-hybridized carbons (Fsp3) is 0.130. The van der Waals surface area contributed by atoms with E-state index in [9.17, 15) is 9.59 Å². The third-order valence-corrected chi connectivity index (χ3v) is 4.64. The Hall–Kier alpha value is -3.11. The van der Waals surface area contributed by atoms with Gasteiger partial charge in [-0.1, -0.05) is 72.3 Å². The van der Waals surface area contributed by atoms with Crippen molar-refractivity contribution < 1.29 is 14.3 Å². The lowest BCUT2D eigenvalue weighted by Crippen LogP contribution is -2.21. The molecule has 0 aromatic heterocycles. The van der Waals surface area contributed by atoms with Gasteiger partial charge in [0.25, 0.3) is 5.91 Å². The number of hydrogen-bond acceptors (Lipinski definition) is 3. The van der Waals surface area contributed by atoms with E-state index < -0.39 is 11.9 Å². The summed E-state index contributed by atoms with van der Waals surface area (Å²) >= 11 is 6.03. The highest BCUT2D eigenvalue weighted by molar-refractivity contribution is 6.31. The molecule has 3 aromatic carbocycles. The van der Waals surface area contributed by atoms with Crippen LogP contribution in [0.15, 0.2) is 72.8 Å². The zero-order chi connectivity index (χ0) is 19.9. The molecule has 0 aliphatic heterocycles. The van der Waals surface area contributed by atoms with E-state index in [4.69, 9.17) is 16.3 Å². The maximum Gasteiger partial charge on any atom is 0.310 e. The highest BCUT2D eigenvalue weighted by Gasteiger charge is 2.10. The van der Waals surface area contributed by atoms with Crippen molar-refractivity contribution in [3.05, 3.63) is 88.9 Å². The Morgan fingerprint density at radius 1 is 0.929 bits per heavy atom. The summed E-state index contributed by atoms with van der Waals surface area (Å²) in [5.74, 6) is -0.864. The van der Waals surface area contributed by atoms with E-state index in [-0.39, 0.29) is 13.0 Å². The number of ether oxygens (including phenoxy) is 1. The van der Waals surface area contributed by atoms with Crippen molar-refractivity contribution in [2.45, 2.75) is 13.3 Å². The van der Waals surface area contributed by atoms with Crippen LogP contribution in [0.25, 0.3) is 11.1 Å². The zero-order valence-corrected chi connectivity index (χ0v) is 16.2. The second-order valence-electron chi connectivity index (χ2n) is 6.41. The van der Waals surface area contributed by atoms with Crippen molar-refractivity contribution in [1.29, 1.82) is 0 Å². The number of rotatable bonds is 6. The van der Waals surface area contributed by atoms with Crippen molar-refractivity contribution in [3.63, 3.8) is 0 Å². The first-order valence-corrected chi connectivity index (χ1v) is 9.25. The summed E-state index contributed by atoms with van der Waals surface area (Å²) in [6, 6.07) is 22.9. The fourth-order valence-electron chi connectivity index (χ4n) is 2.68. The van der Waals surface area contributed by atoms with Crippen LogP contribution in [-0.2, 0) is 20.7 Å². The molecule has 28 heavy (non-hydrogen) atoms. The van der Waals surface area contributed by atoms with Crippen LogP contribution in [0, 0.1) is 6.92 Å². The number of hydrogen-bond donors (Lipinski definition) is 1. The van der Waals surface area contributed by atoms with Crippen LogP contribution in [0.1, 0.15) is 11.1 Å². The largest absolute Gasteiger partial charge is 0.455 e. The minimum absolute atomic E-state index is 0.110. The molecule has 0 saturated heterocycles. The molecule has 1 N–H and O–H groups in total. The lowest BCUT2D eigenvalue weighted by molar-refractivity contribution is -0.146. The summed E-state index contributed by atoms with van der Waals surface area (Å²) in [4.78, 5) is 23.9. The monoisotopic (exact) mass is 393 g/mol. The molecule has 0 aliphatic rings. The van der Waals surface area contributed by atoms with Gasteiger partial charge in [-0.2, -0.15) is 0 Å². The van der Waals surface area contributed by atoms with Gasteiger partial charge in [0, 0.05) is 10.7 Å². The van der Waals surface area contributed by atoms with Gasteiger partial charge in [0.2, 0.25) is 0 Å². The zero-order valence-electron chi connectivity index (χ0n) is 15.4. The van der Waals surface area contributed by atoms with E-state index in [1.165, 1.54) is 0 Å². The molecule has 3 aromatic rings. The molecular weight excluding hydrogens is 374 g/mol. The molecule has 0 atom stereocenters. The standard InChI is InChI=1S/C23H20ClNO3/c1-16-7-12-20(14-21(16)24)25-22(26)15-28-23(27)13-17-8-10-19(11-9-17)18-5-3-2-4-6-18/h2-12,14H,13,15H2,1H3,(H,25,26). The third kappa shape index (κ3) is 5.44.